The first-order valence-electron chi connectivity index (χ1n) is 23.6. The van der Waals surface area contributed by atoms with Gasteiger partial charge in [-0.2, -0.15) is 0 Å². The highest BCUT2D eigenvalue weighted by atomic mass is 15.1. The van der Waals surface area contributed by atoms with Gasteiger partial charge in [0.15, 0.2) is 0 Å². The number of fused-ring (bicyclic) bond motifs is 10. The van der Waals surface area contributed by atoms with Crippen molar-refractivity contribution in [2.45, 2.75) is 18.1 Å². The maximum absolute atomic E-state index is 5.65. The van der Waals surface area contributed by atoms with Crippen LogP contribution >= 0.6 is 0 Å². The zero-order valence-corrected chi connectivity index (χ0v) is 37.9. The zero-order valence-electron chi connectivity index (χ0n) is 37.9. The lowest BCUT2D eigenvalue weighted by molar-refractivity contribution is 0.560. The van der Waals surface area contributed by atoms with Crippen molar-refractivity contribution in [3.8, 4) is 66.8 Å². The molecule has 0 saturated heterocycles. The van der Waals surface area contributed by atoms with Gasteiger partial charge in [0.05, 0.1) is 12.0 Å². The summed E-state index contributed by atoms with van der Waals surface area (Å²) in [5.74, 6) is 0.806. The van der Waals surface area contributed by atoms with Crippen molar-refractivity contribution in [2.24, 2.45) is 4.99 Å². The Kier molecular flexibility index (Phi) is 10.5. The summed E-state index contributed by atoms with van der Waals surface area (Å²) in [4.78, 5) is 5.65. The van der Waals surface area contributed by atoms with E-state index in [1.54, 1.807) is 0 Å². The van der Waals surface area contributed by atoms with E-state index in [0.717, 1.165) is 55.9 Å². The van der Waals surface area contributed by atoms with Crippen LogP contribution in [0, 0.1) is 0 Å². The van der Waals surface area contributed by atoms with Gasteiger partial charge in [0.1, 0.15) is 12.0 Å². The molecule has 0 saturated carbocycles. The third-order valence-electron chi connectivity index (χ3n) is 14.0. The van der Waals surface area contributed by atoms with E-state index in [-0.39, 0.29) is 6.17 Å². The van der Waals surface area contributed by atoms with Gasteiger partial charge >= 0.3 is 0 Å². The molecule has 0 amide bonds. The maximum Gasteiger partial charge on any atom is 0.130 e. The summed E-state index contributed by atoms with van der Waals surface area (Å²) < 4.78 is 0. The summed E-state index contributed by atoms with van der Waals surface area (Å²) in [5.41, 5.74) is 22.6. The molecule has 0 aliphatic heterocycles. The lowest BCUT2D eigenvalue weighted by Crippen LogP contribution is -2.37. The number of nitrogens with one attached hydrogen (secondary N) is 2. The van der Waals surface area contributed by atoms with Crippen LogP contribution in [0.25, 0.3) is 66.8 Å². The van der Waals surface area contributed by atoms with E-state index in [2.05, 4.69) is 259 Å². The third-order valence-corrected chi connectivity index (χ3v) is 14.0. The number of hydrogen-bond donors (Lipinski definition) is 2. The van der Waals surface area contributed by atoms with E-state index in [1.165, 1.54) is 55.6 Å². The Labute approximate surface area is 399 Å². The van der Waals surface area contributed by atoms with Crippen LogP contribution in [-0.4, -0.2) is 12.9 Å². The molecule has 0 heterocycles. The van der Waals surface area contributed by atoms with Gasteiger partial charge in [-0.1, -0.05) is 212 Å². The molecule has 0 fully saturated rings. The minimum absolute atomic E-state index is 0.287. The maximum atomic E-state index is 5.65. The van der Waals surface area contributed by atoms with Gasteiger partial charge in [-0.15, -0.1) is 0 Å². The van der Waals surface area contributed by atoms with Gasteiger partial charge in [-0.05, 0) is 144 Å². The summed E-state index contributed by atoms with van der Waals surface area (Å²) in [5, 5.41) is 7.67. The zero-order chi connectivity index (χ0) is 45.4. The van der Waals surface area contributed by atoms with Crippen LogP contribution in [0.5, 0.6) is 0 Å². The van der Waals surface area contributed by atoms with Gasteiger partial charge in [-0.3, -0.25) is 10.3 Å². The summed E-state index contributed by atoms with van der Waals surface area (Å²) in [6.45, 7) is 0.470. The fourth-order valence-electron chi connectivity index (χ4n) is 10.9. The molecule has 3 heteroatoms. The molecule has 2 aliphatic carbocycles. The normalized spacial score (nSPS) is 13.3. The molecule has 10 aromatic rings. The molecule has 0 aromatic heterocycles. The fraction of sp³-hybridized carbons (Fsp3) is 0.0615. The van der Waals surface area contributed by atoms with Gasteiger partial charge in [0.25, 0.3) is 0 Å². The molecular weight excluding hydrogens is 823 g/mol. The highest BCUT2D eigenvalue weighted by Crippen LogP contribution is 2.62. The second kappa shape index (κ2) is 17.5. The summed E-state index contributed by atoms with van der Waals surface area (Å²) in [7, 11) is 2.03. The molecule has 2 aliphatic rings. The molecule has 324 valence electrons. The largest absolute Gasteiger partial charge is 0.351 e. The first kappa shape index (κ1) is 41.1. The molecule has 1 spiro atoms. The van der Waals surface area contributed by atoms with Crippen molar-refractivity contribution in [2.75, 3.05) is 7.05 Å². The van der Waals surface area contributed by atoms with Crippen molar-refractivity contribution in [1.29, 1.82) is 0 Å². The van der Waals surface area contributed by atoms with E-state index in [4.69, 9.17) is 4.99 Å². The smallest absolute Gasteiger partial charge is 0.130 e. The lowest BCUT2D eigenvalue weighted by Gasteiger charge is -2.30. The van der Waals surface area contributed by atoms with Gasteiger partial charge in [-0.25, -0.2) is 0 Å². The molecule has 10 aromatic carbocycles. The Bertz CT molecular complexity index is 3310. The second-order valence-corrected chi connectivity index (χ2v) is 17.9. The third kappa shape index (κ3) is 7.16. The highest BCUT2D eigenvalue weighted by molar-refractivity contribution is 6.02. The molecule has 12 rings (SSSR count). The number of rotatable bonds is 10. The topological polar surface area (TPSA) is 36.4 Å². The van der Waals surface area contributed by atoms with Gasteiger partial charge in [0, 0.05) is 5.56 Å². The Morgan fingerprint density at radius 3 is 1.19 bits per heavy atom. The minimum atomic E-state index is -0.425. The monoisotopic (exact) mass is 871 g/mol. The van der Waals surface area contributed by atoms with E-state index < -0.39 is 5.41 Å². The molecule has 0 radical (unpaired) electrons. The Morgan fingerprint density at radius 2 is 0.765 bits per heavy atom. The number of benzene rings is 10. The average Bonchev–Trinajstić information content (AvgIpc) is 3.89. The van der Waals surface area contributed by atoms with Gasteiger partial charge in [0.2, 0.25) is 0 Å². The van der Waals surface area contributed by atoms with Crippen molar-refractivity contribution in [1.82, 2.24) is 10.6 Å². The van der Waals surface area contributed by atoms with Crippen LogP contribution in [0.2, 0.25) is 0 Å². The Morgan fingerprint density at radius 1 is 0.382 bits per heavy atom. The molecular formula is C65H49N3. The standard InChI is InChI=1S/C65H49N3/c1-66-63(53-39-49(45-20-6-2-7-21-45)37-50(40-53)46-22-8-3-9-23-46)68-64(54-41-51(47-24-10-4-11-25-47)38-52(42-54)48-26-12-5-13-27-48)67-43-44-34-35-58-57-30-16-19-33-61(57)65(62(58)36-44)59-31-17-14-28-55(59)56-29-15-18-32-60(56)65/h2-42,63,66H,43H2,1H3,(H,67,68). The molecule has 0 bridgehead atoms. The molecule has 2 N–H and O–H groups in total. The quantitative estimate of drug-likeness (QED) is 0.0816. The summed E-state index contributed by atoms with van der Waals surface area (Å²) >= 11 is 0. The van der Waals surface area contributed by atoms with Crippen molar-refractivity contribution < 1.29 is 0 Å². The molecule has 3 nitrogen and oxygen atoms in total. The Balaban J connectivity index is 1.02. The number of amidine groups is 1. The van der Waals surface area contributed by atoms with Crippen molar-refractivity contribution in [3.05, 3.63) is 288 Å². The predicted molar refractivity (Wildman–Crippen MR) is 283 cm³/mol. The first-order valence-corrected chi connectivity index (χ1v) is 23.6. The van der Waals surface area contributed by atoms with Crippen LogP contribution < -0.4 is 10.6 Å². The average molecular weight is 872 g/mol. The highest BCUT2D eigenvalue weighted by Gasteiger charge is 2.51. The summed E-state index contributed by atoms with van der Waals surface area (Å²) in [6.07, 6.45) is -0.287. The molecule has 1 atom stereocenters. The predicted octanol–water partition coefficient (Wildman–Crippen LogP) is 15.2. The van der Waals surface area contributed by atoms with E-state index >= 15 is 0 Å². The molecule has 68 heavy (non-hydrogen) atoms. The summed E-state index contributed by atoms with van der Waals surface area (Å²) in [6, 6.07) is 90.5. The SMILES string of the molecule is CNC(NC(=NCc1ccc2c(c1)C1(c3ccccc3-c3ccccc31)c1ccccc1-2)c1cc(-c2ccccc2)cc(-c2ccccc2)c1)c1cc(-c2ccccc2)cc(-c2ccccc2)c1. The fourth-order valence-corrected chi connectivity index (χ4v) is 10.9. The Hall–Kier alpha value is -8.37. The minimum Gasteiger partial charge on any atom is -0.351 e. The van der Waals surface area contributed by atoms with Crippen LogP contribution in [-0.2, 0) is 12.0 Å². The number of aliphatic imine (C=N–C) groups is 1. The van der Waals surface area contributed by atoms with Crippen LogP contribution in [0.15, 0.2) is 254 Å². The first-order chi connectivity index (χ1) is 33.7. The lowest BCUT2D eigenvalue weighted by atomic mass is 9.70. The van der Waals surface area contributed by atoms with Crippen LogP contribution in [0.3, 0.4) is 0 Å². The van der Waals surface area contributed by atoms with E-state index in [1.807, 2.05) is 7.05 Å². The van der Waals surface area contributed by atoms with Gasteiger partial charge < -0.3 is 5.32 Å². The van der Waals surface area contributed by atoms with Crippen LogP contribution in [0.4, 0.5) is 0 Å². The van der Waals surface area contributed by atoms with Crippen LogP contribution in [0.1, 0.15) is 45.1 Å². The number of nitrogens with zero attached hydrogens (tertiary/aromatic N) is 1. The molecule has 1 unspecified atom stereocenters. The second-order valence-electron chi connectivity index (χ2n) is 17.9. The van der Waals surface area contributed by atoms with E-state index in [0.29, 0.717) is 6.54 Å². The van der Waals surface area contributed by atoms with E-state index in [9.17, 15) is 0 Å². The van der Waals surface area contributed by atoms with Crippen molar-refractivity contribution in [3.63, 3.8) is 0 Å². The number of hydrogen-bond acceptors (Lipinski definition) is 2. The van der Waals surface area contributed by atoms with Crippen molar-refractivity contribution >= 4 is 5.84 Å².